The number of likely N-dealkylation sites (N-methyl/N-ethyl adjacent to an activating group) is 1. The first kappa shape index (κ1) is 16.4. The quantitative estimate of drug-likeness (QED) is 0.405. The molecule has 0 heterocycles. The number of quaternary nitrogens is 1. The lowest BCUT2D eigenvalue weighted by Crippen LogP contribution is -3.11. The topological polar surface area (TPSA) is 91.7 Å². The van der Waals surface area contributed by atoms with E-state index in [9.17, 15) is 14.4 Å². The zero-order valence-corrected chi connectivity index (χ0v) is 12.3. The third kappa shape index (κ3) is 7.73. The van der Waals surface area contributed by atoms with Crippen molar-refractivity contribution in [1.82, 2.24) is 16.0 Å². The van der Waals surface area contributed by atoms with Crippen LogP contribution < -0.4 is 20.9 Å². The average molecular weight is 285 g/mol. The molecule has 0 bridgehead atoms. The highest BCUT2D eigenvalue weighted by molar-refractivity contribution is 5.94. The summed E-state index contributed by atoms with van der Waals surface area (Å²) in [4.78, 5) is 35.2. The number of carbonyl (C=O) groups excluding carboxylic acids is 3. The maximum absolute atomic E-state index is 11.6. The number of rotatable bonds is 8. The van der Waals surface area contributed by atoms with E-state index in [1.54, 1.807) is 7.05 Å². The van der Waals surface area contributed by atoms with Gasteiger partial charge in [0.2, 0.25) is 0 Å². The van der Waals surface area contributed by atoms with E-state index in [1.165, 1.54) is 0 Å². The van der Waals surface area contributed by atoms with E-state index in [0.29, 0.717) is 12.6 Å². The summed E-state index contributed by atoms with van der Waals surface area (Å²) in [6.07, 6.45) is 3.96. The first-order valence-electron chi connectivity index (χ1n) is 7.19. The van der Waals surface area contributed by atoms with Crippen LogP contribution in [0.4, 0.5) is 4.79 Å². The van der Waals surface area contributed by atoms with E-state index in [2.05, 4.69) is 16.0 Å². The third-order valence-corrected chi connectivity index (χ3v) is 2.94. The van der Waals surface area contributed by atoms with E-state index in [1.807, 2.05) is 6.92 Å². The molecule has 0 aliphatic heterocycles. The van der Waals surface area contributed by atoms with Gasteiger partial charge in [-0.2, -0.15) is 0 Å². The molecule has 0 spiro atoms. The molecule has 7 heteroatoms. The van der Waals surface area contributed by atoms with E-state index in [4.69, 9.17) is 0 Å². The van der Waals surface area contributed by atoms with Crippen molar-refractivity contribution in [3.8, 4) is 0 Å². The molecule has 1 fully saturated rings. The SMILES string of the molecule is CCCCNC(=O)NC(=O)C[NH+](C)CC(=O)NC1CC1. The van der Waals surface area contributed by atoms with Crippen molar-refractivity contribution in [3.63, 3.8) is 0 Å². The fourth-order valence-corrected chi connectivity index (χ4v) is 1.71. The largest absolute Gasteiger partial charge is 0.348 e. The van der Waals surface area contributed by atoms with Crippen LogP contribution >= 0.6 is 0 Å². The van der Waals surface area contributed by atoms with E-state index < -0.39 is 6.03 Å². The Hall–Kier alpha value is -1.63. The average Bonchev–Trinajstić information content (AvgIpc) is 3.12. The predicted octanol–water partition coefficient (Wildman–Crippen LogP) is -1.59. The number of hydrogen-bond acceptors (Lipinski definition) is 3. The molecule has 0 aromatic rings. The number of carbonyl (C=O) groups is 3. The van der Waals surface area contributed by atoms with Gasteiger partial charge in [-0.1, -0.05) is 13.3 Å². The molecule has 1 aliphatic rings. The zero-order valence-electron chi connectivity index (χ0n) is 12.3. The molecule has 0 radical (unpaired) electrons. The Balaban J connectivity index is 2.12. The number of urea groups is 1. The van der Waals surface area contributed by atoms with E-state index in [0.717, 1.165) is 30.6 Å². The molecular weight excluding hydrogens is 260 g/mol. The van der Waals surface area contributed by atoms with Crippen LogP contribution in [0, 0.1) is 0 Å². The van der Waals surface area contributed by atoms with Gasteiger partial charge in [0.05, 0.1) is 7.05 Å². The van der Waals surface area contributed by atoms with Gasteiger partial charge in [0.25, 0.3) is 11.8 Å². The molecule has 0 aromatic carbocycles. The van der Waals surface area contributed by atoms with E-state index in [-0.39, 0.29) is 24.9 Å². The summed E-state index contributed by atoms with van der Waals surface area (Å²) >= 11 is 0. The molecule has 7 nitrogen and oxygen atoms in total. The number of amides is 4. The zero-order chi connectivity index (χ0) is 15.0. The second-order valence-corrected chi connectivity index (χ2v) is 5.31. The first-order chi connectivity index (χ1) is 9.51. The summed E-state index contributed by atoms with van der Waals surface area (Å²) in [5, 5.41) is 7.72. The van der Waals surface area contributed by atoms with Crippen molar-refractivity contribution in [3.05, 3.63) is 0 Å². The number of unbranched alkanes of at least 4 members (excludes halogenated alkanes) is 1. The van der Waals surface area contributed by atoms with Crippen LogP contribution in [0.5, 0.6) is 0 Å². The fraction of sp³-hybridized carbons (Fsp3) is 0.769. The molecular formula is C13H25N4O3+. The lowest BCUT2D eigenvalue weighted by molar-refractivity contribution is -0.862. The molecule has 114 valence electrons. The van der Waals surface area contributed by atoms with Crippen molar-refractivity contribution in [2.75, 3.05) is 26.7 Å². The Morgan fingerprint density at radius 3 is 2.40 bits per heavy atom. The second-order valence-electron chi connectivity index (χ2n) is 5.31. The molecule has 0 saturated heterocycles. The highest BCUT2D eigenvalue weighted by Crippen LogP contribution is 2.17. The van der Waals surface area contributed by atoms with Gasteiger partial charge in [-0.25, -0.2) is 4.79 Å². The molecule has 4 amide bonds. The Bertz CT molecular complexity index is 356. The number of imide groups is 1. The van der Waals surface area contributed by atoms with Gasteiger partial charge in [0.1, 0.15) is 0 Å². The van der Waals surface area contributed by atoms with Crippen LogP contribution in [-0.2, 0) is 9.59 Å². The molecule has 1 rings (SSSR count). The molecule has 4 N–H and O–H groups in total. The maximum Gasteiger partial charge on any atom is 0.321 e. The Morgan fingerprint density at radius 1 is 1.15 bits per heavy atom. The summed E-state index contributed by atoms with van der Waals surface area (Å²) < 4.78 is 0. The molecule has 1 saturated carbocycles. The highest BCUT2D eigenvalue weighted by Gasteiger charge is 2.25. The summed E-state index contributed by atoms with van der Waals surface area (Å²) in [6, 6.07) is -0.146. The predicted molar refractivity (Wildman–Crippen MR) is 74.2 cm³/mol. The highest BCUT2D eigenvalue weighted by atomic mass is 16.2. The third-order valence-electron chi connectivity index (χ3n) is 2.94. The van der Waals surface area contributed by atoms with Gasteiger partial charge in [-0.3, -0.25) is 14.9 Å². The summed E-state index contributed by atoms with van der Waals surface area (Å²) in [7, 11) is 1.75. The van der Waals surface area contributed by atoms with Crippen LogP contribution in [0.1, 0.15) is 32.6 Å². The van der Waals surface area contributed by atoms with Crippen LogP contribution in [0.25, 0.3) is 0 Å². The van der Waals surface area contributed by atoms with Gasteiger partial charge in [-0.15, -0.1) is 0 Å². The van der Waals surface area contributed by atoms with Crippen LogP contribution in [0.15, 0.2) is 0 Å². The summed E-state index contributed by atoms with van der Waals surface area (Å²) in [6.45, 7) is 2.92. The molecule has 1 atom stereocenters. The Kier molecular flexibility index (Phi) is 7.00. The number of nitrogens with one attached hydrogen (secondary N) is 4. The minimum atomic E-state index is -0.473. The number of hydrogen-bond donors (Lipinski definition) is 4. The normalized spacial score (nSPS) is 15.3. The minimum Gasteiger partial charge on any atom is -0.348 e. The molecule has 0 aromatic heterocycles. The van der Waals surface area contributed by atoms with Crippen LogP contribution in [0.2, 0.25) is 0 Å². The smallest absolute Gasteiger partial charge is 0.321 e. The van der Waals surface area contributed by atoms with Crippen molar-refractivity contribution in [1.29, 1.82) is 0 Å². The Labute approximate surface area is 119 Å². The molecule has 1 aliphatic carbocycles. The maximum atomic E-state index is 11.6. The fourth-order valence-electron chi connectivity index (χ4n) is 1.71. The van der Waals surface area contributed by atoms with Crippen LogP contribution in [-0.4, -0.2) is 50.6 Å². The van der Waals surface area contributed by atoms with Crippen molar-refractivity contribution in [2.24, 2.45) is 0 Å². The Morgan fingerprint density at radius 2 is 1.80 bits per heavy atom. The molecule has 1 unspecified atom stereocenters. The molecule has 20 heavy (non-hydrogen) atoms. The second kappa shape index (κ2) is 8.52. The van der Waals surface area contributed by atoms with Crippen molar-refractivity contribution >= 4 is 17.8 Å². The van der Waals surface area contributed by atoms with E-state index >= 15 is 0 Å². The van der Waals surface area contributed by atoms with Gasteiger partial charge >= 0.3 is 6.03 Å². The summed E-state index contributed by atoms with van der Waals surface area (Å²) in [5.41, 5.74) is 0. The first-order valence-corrected chi connectivity index (χ1v) is 7.19. The summed E-state index contributed by atoms with van der Waals surface area (Å²) in [5.74, 6) is -0.430. The van der Waals surface area contributed by atoms with Gasteiger partial charge < -0.3 is 15.5 Å². The van der Waals surface area contributed by atoms with Gasteiger partial charge in [0.15, 0.2) is 13.1 Å². The standard InChI is InChI=1S/C13H24N4O3/c1-3-4-7-14-13(20)16-12(19)9-17(2)8-11(18)15-10-5-6-10/h10H,3-9H2,1-2H3,(H,15,18)(H2,14,16,19,20)/p+1. The van der Waals surface area contributed by atoms with Gasteiger partial charge in [-0.05, 0) is 19.3 Å². The van der Waals surface area contributed by atoms with Crippen LogP contribution in [0.3, 0.4) is 0 Å². The van der Waals surface area contributed by atoms with Crippen molar-refractivity contribution < 1.29 is 19.3 Å². The monoisotopic (exact) mass is 285 g/mol. The lowest BCUT2D eigenvalue weighted by Gasteiger charge is -2.13. The van der Waals surface area contributed by atoms with Crippen molar-refractivity contribution in [2.45, 2.75) is 38.6 Å². The minimum absolute atomic E-state index is 0.0507. The van der Waals surface area contributed by atoms with Gasteiger partial charge in [0, 0.05) is 12.6 Å². The lowest BCUT2D eigenvalue weighted by atomic mass is 10.3.